The van der Waals surface area contributed by atoms with Crippen LogP contribution in [0, 0.1) is 11.8 Å². The van der Waals surface area contributed by atoms with Gasteiger partial charge in [-0.2, -0.15) is 0 Å². The SMILES string of the molecule is COc1cc([C@H]2c3cc(O[C@@H]4OC[C@@H](O)[C@H](O)[C@H]4O)c(OC)cc3C[C@@H](CO)[C@@H]2CO[C@@H]2OC[C@@H](O)[C@H](O)[C@H]2O)ccc1O. The summed E-state index contributed by atoms with van der Waals surface area (Å²) in [5, 5.41) is 81.8. The summed E-state index contributed by atoms with van der Waals surface area (Å²) >= 11 is 0. The number of rotatable bonds is 9. The predicted octanol–water partition coefficient (Wildman–Crippen LogP) is -1.40. The fraction of sp³-hybridized carbons (Fsp3) is 0.600. The van der Waals surface area contributed by atoms with Crippen LogP contribution in [0.3, 0.4) is 0 Å². The third-order valence-corrected chi connectivity index (χ3v) is 8.68. The molecule has 1 aliphatic carbocycles. The van der Waals surface area contributed by atoms with Gasteiger partial charge in [0.1, 0.15) is 36.6 Å². The molecule has 8 N–H and O–H groups in total. The number of aliphatic hydroxyl groups excluding tert-OH is 7. The van der Waals surface area contributed by atoms with Crippen molar-refractivity contribution in [1.29, 1.82) is 0 Å². The molecule has 0 radical (unpaired) electrons. The molecule has 0 bridgehead atoms. The Balaban J connectivity index is 1.54. The Labute approximate surface area is 253 Å². The molecule has 2 saturated heterocycles. The standard InChI is InChI=1S/C30H40O14/c1-39-21-6-13(3-4-18(21)32)24-16-8-23(44-30-28(38)26(36)20(34)12-43-30)22(40-2)7-14(16)5-15(9-31)17(24)10-41-29-27(37)25(35)19(33)11-42-29/h3-4,6-8,15,17,19-20,24-38H,5,9-12H2,1-2H3/t15-,17-,19+,20+,24-,25-,26-,27+,28+,29+,30-/m0/s1. The normalized spacial score (nSPS) is 35.5. The Hall–Kier alpha value is -2.76. The fourth-order valence-corrected chi connectivity index (χ4v) is 6.16. The molecule has 0 unspecified atom stereocenters. The quantitative estimate of drug-likeness (QED) is 0.161. The first-order chi connectivity index (χ1) is 21.1. The minimum absolute atomic E-state index is 0.0418. The first-order valence-corrected chi connectivity index (χ1v) is 14.4. The van der Waals surface area contributed by atoms with Crippen LogP contribution in [0.15, 0.2) is 30.3 Å². The summed E-state index contributed by atoms with van der Waals surface area (Å²) < 4.78 is 33.8. The van der Waals surface area contributed by atoms with Gasteiger partial charge in [0.2, 0.25) is 6.29 Å². The van der Waals surface area contributed by atoms with Gasteiger partial charge in [-0.05, 0) is 59.2 Å². The van der Waals surface area contributed by atoms with E-state index in [1.54, 1.807) is 24.3 Å². The van der Waals surface area contributed by atoms with Crippen molar-refractivity contribution >= 4 is 0 Å². The summed E-state index contributed by atoms with van der Waals surface area (Å²) in [7, 11) is 2.86. The van der Waals surface area contributed by atoms with E-state index in [1.165, 1.54) is 20.3 Å². The molecule has 0 saturated carbocycles. The van der Waals surface area contributed by atoms with Gasteiger partial charge in [0.15, 0.2) is 29.3 Å². The average Bonchev–Trinajstić information content (AvgIpc) is 3.03. The van der Waals surface area contributed by atoms with Crippen LogP contribution in [0.1, 0.15) is 22.6 Å². The van der Waals surface area contributed by atoms with Crippen molar-refractivity contribution in [2.45, 2.75) is 61.5 Å². The van der Waals surface area contributed by atoms with Crippen molar-refractivity contribution in [1.82, 2.24) is 0 Å². The number of ether oxygens (including phenoxy) is 6. The van der Waals surface area contributed by atoms with Gasteiger partial charge in [0.05, 0.1) is 34.0 Å². The van der Waals surface area contributed by atoms with Gasteiger partial charge in [-0.1, -0.05) is 6.07 Å². The Morgan fingerprint density at radius 1 is 0.773 bits per heavy atom. The molecule has 244 valence electrons. The van der Waals surface area contributed by atoms with E-state index in [1.807, 2.05) is 0 Å². The van der Waals surface area contributed by atoms with Gasteiger partial charge in [-0.3, -0.25) is 0 Å². The molecular formula is C30H40O14. The average molecular weight is 625 g/mol. The Kier molecular flexibility index (Phi) is 10.2. The fourth-order valence-electron chi connectivity index (χ4n) is 6.16. The second-order valence-corrected chi connectivity index (χ2v) is 11.4. The highest BCUT2D eigenvalue weighted by Gasteiger charge is 2.43. The zero-order chi connectivity index (χ0) is 31.7. The lowest BCUT2D eigenvalue weighted by atomic mass is 9.67. The highest BCUT2D eigenvalue weighted by molar-refractivity contribution is 5.54. The molecule has 14 nitrogen and oxygen atoms in total. The second-order valence-electron chi connectivity index (χ2n) is 11.4. The van der Waals surface area contributed by atoms with Crippen LogP contribution in [0.2, 0.25) is 0 Å². The van der Waals surface area contributed by atoms with E-state index in [9.17, 15) is 40.9 Å². The van der Waals surface area contributed by atoms with Gasteiger partial charge in [0, 0.05) is 12.5 Å². The number of phenolic OH excluding ortho intramolecular Hbond substituents is 1. The summed E-state index contributed by atoms with van der Waals surface area (Å²) in [5.41, 5.74) is 2.24. The highest BCUT2D eigenvalue weighted by atomic mass is 16.7. The van der Waals surface area contributed by atoms with Crippen molar-refractivity contribution < 1.29 is 69.3 Å². The maximum Gasteiger partial charge on any atom is 0.229 e. The maximum atomic E-state index is 10.5. The van der Waals surface area contributed by atoms with Crippen molar-refractivity contribution in [3.05, 3.63) is 47.0 Å². The minimum atomic E-state index is -1.55. The lowest BCUT2D eigenvalue weighted by molar-refractivity contribution is -0.274. The molecule has 2 aromatic carbocycles. The Morgan fingerprint density at radius 2 is 1.41 bits per heavy atom. The van der Waals surface area contributed by atoms with E-state index < -0.39 is 61.0 Å². The molecule has 11 atom stereocenters. The van der Waals surface area contributed by atoms with Crippen LogP contribution in [0.4, 0.5) is 0 Å². The van der Waals surface area contributed by atoms with E-state index in [4.69, 9.17) is 28.4 Å². The van der Waals surface area contributed by atoms with Crippen molar-refractivity contribution in [2.24, 2.45) is 11.8 Å². The monoisotopic (exact) mass is 624 g/mol. The van der Waals surface area contributed by atoms with Crippen molar-refractivity contribution in [3.8, 4) is 23.0 Å². The molecule has 2 aliphatic heterocycles. The Morgan fingerprint density at radius 3 is 2.05 bits per heavy atom. The third-order valence-electron chi connectivity index (χ3n) is 8.68. The number of hydrogen-bond donors (Lipinski definition) is 8. The number of fused-ring (bicyclic) bond motifs is 1. The van der Waals surface area contributed by atoms with Crippen LogP contribution in [-0.2, 0) is 20.6 Å². The largest absolute Gasteiger partial charge is 0.504 e. The zero-order valence-electron chi connectivity index (χ0n) is 24.3. The van der Waals surface area contributed by atoms with Crippen molar-refractivity contribution in [3.63, 3.8) is 0 Å². The molecule has 2 aromatic rings. The molecular weight excluding hydrogens is 584 g/mol. The number of aromatic hydroxyl groups is 1. The highest BCUT2D eigenvalue weighted by Crippen LogP contribution is 2.49. The molecule has 2 heterocycles. The molecule has 14 heteroatoms. The second kappa shape index (κ2) is 13.7. The number of aliphatic hydroxyl groups is 7. The number of phenols is 1. The summed E-state index contributed by atoms with van der Waals surface area (Å²) in [6.07, 6.45) is -10.7. The summed E-state index contributed by atoms with van der Waals surface area (Å²) in [4.78, 5) is 0. The summed E-state index contributed by atoms with van der Waals surface area (Å²) in [5.74, 6) is -0.696. The lowest BCUT2D eigenvalue weighted by Crippen LogP contribution is -2.54. The molecule has 0 aromatic heterocycles. The van der Waals surface area contributed by atoms with Crippen LogP contribution in [-0.4, -0.2) is 131 Å². The minimum Gasteiger partial charge on any atom is -0.504 e. The molecule has 5 rings (SSSR count). The van der Waals surface area contributed by atoms with Gasteiger partial charge in [0.25, 0.3) is 0 Å². The maximum absolute atomic E-state index is 10.5. The number of benzene rings is 2. The van der Waals surface area contributed by atoms with Gasteiger partial charge < -0.3 is 69.3 Å². The summed E-state index contributed by atoms with van der Waals surface area (Å²) in [6.45, 7) is -0.762. The van der Waals surface area contributed by atoms with E-state index in [0.717, 1.165) is 11.1 Å². The molecule has 3 aliphatic rings. The van der Waals surface area contributed by atoms with E-state index >= 15 is 0 Å². The molecule has 0 spiro atoms. The molecule has 0 amide bonds. The van der Waals surface area contributed by atoms with Crippen molar-refractivity contribution in [2.75, 3.05) is 40.6 Å². The lowest BCUT2D eigenvalue weighted by Gasteiger charge is -2.42. The first kappa shape index (κ1) is 32.6. The van der Waals surface area contributed by atoms with Crippen LogP contribution in [0.25, 0.3) is 0 Å². The van der Waals surface area contributed by atoms with E-state index in [-0.39, 0.29) is 49.6 Å². The van der Waals surface area contributed by atoms with E-state index in [0.29, 0.717) is 17.7 Å². The summed E-state index contributed by atoms with van der Waals surface area (Å²) in [6, 6.07) is 8.32. The van der Waals surface area contributed by atoms with Gasteiger partial charge in [-0.15, -0.1) is 0 Å². The number of hydrogen-bond acceptors (Lipinski definition) is 14. The topological polar surface area (TPSA) is 217 Å². The Bertz CT molecular complexity index is 1270. The predicted molar refractivity (Wildman–Crippen MR) is 149 cm³/mol. The number of methoxy groups -OCH3 is 2. The first-order valence-electron chi connectivity index (χ1n) is 14.4. The van der Waals surface area contributed by atoms with Gasteiger partial charge >= 0.3 is 0 Å². The van der Waals surface area contributed by atoms with Gasteiger partial charge in [-0.25, -0.2) is 0 Å². The smallest absolute Gasteiger partial charge is 0.229 e. The van der Waals surface area contributed by atoms with Crippen LogP contribution >= 0.6 is 0 Å². The third kappa shape index (κ3) is 6.33. The molecule has 2 fully saturated rings. The molecule has 44 heavy (non-hydrogen) atoms. The van der Waals surface area contributed by atoms with Crippen LogP contribution in [0.5, 0.6) is 23.0 Å². The van der Waals surface area contributed by atoms with Crippen LogP contribution < -0.4 is 14.2 Å². The van der Waals surface area contributed by atoms with E-state index in [2.05, 4.69) is 0 Å². The zero-order valence-corrected chi connectivity index (χ0v) is 24.3.